The average molecular weight is 265 g/mol. The molecular formula is C18H19NO. The third-order valence-corrected chi connectivity index (χ3v) is 4.34. The summed E-state index contributed by atoms with van der Waals surface area (Å²) in [6.45, 7) is 0.947. The zero-order chi connectivity index (χ0) is 13.4. The van der Waals surface area contributed by atoms with Crippen molar-refractivity contribution < 1.29 is 4.74 Å². The lowest BCUT2D eigenvalue weighted by molar-refractivity contribution is 0.227. The van der Waals surface area contributed by atoms with Gasteiger partial charge in [0.2, 0.25) is 0 Å². The summed E-state index contributed by atoms with van der Waals surface area (Å²) in [5.74, 6) is 1.76. The molecule has 2 aromatic rings. The SMILES string of the molecule is c1ccc(C2CC2NCC2Cc3ccccc3O2)cc1. The van der Waals surface area contributed by atoms with Crippen molar-refractivity contribution in [3.05, 3.63) is 65.7 Å². The Bertz CT molecular complexity index is 570. The van der Waals surface area contributed by atoms with Gasteiger partial charge >= 0.3 is 0 Å². The maximum atomic E-state index is 5.96. The molecule has 3 atom stereocenters. The van der Waals surface area contributed by atoms with E-state index in [0.29, 0.717) is 18.1 Å². The topological polar surface area (TPSA) is 21.3 Å². The second-order valence-electron chi connectivity index (χ2n) is 5.82. The fourth-order valence-corrected chi connectivity index (χ4v) is 3.14. The molecule has 0 aromatic heterocycles. The molecule has 0 saturated heterocycles. The molecule has 1 aliphatic carbocycles. The van der Waals surface area contributed by atoms with E-state index < -0.39 is 0 Å². The first-order chi connectivity index (χ1) is 9.90. The fourth-order valence-electron chi connectivity index (χ4n) is 3.14. The number of hydrogen-bond donors (Lipinski definition) is 1. The number of ether oxygens (including phenoxy) is 1. The van der Waals surface area contributed by atoms with Crippen molar-refractivity contribution >= 4 is 0 Å². The Morgan fingerprint density at radius 1 is 1.00 bits per heavy atom. The maximum Gasteiger partial charge on any atom is 0.123 e. The normalized spacial score (nSPS) is 26.9. The zero-order valence-electron chi connectivity index (χ0n) is 11.5. The Hall–Kier alpha value is -1.80. The molecule has 0 radical (unpaired) electrons. The molecule has 0 amide bonds. The van der Waals surface area contributed by atoms with Crippen molar-refractivity contribution in [3.8, 4) is 5.75 Å². The van der Waals surface area contributed by atoms with Crippen LogP contribution in [0.4, 0.5) is 0 Å². The van der Waals surface area contributed by atoms with Gasteiger partial charge in [-0.2, -0.15) is 0 Å². The minimum absolute atomic E-state index is 0.296. The van der Waals surface area contributed by atoms with E-state index in [2.05, 4.69) is 53.8 Å². The van der Waals surface area contributed by atoms with Gasteiger partial charge in [0.1, 0.15) is 11.9 Å². The van der Waals surface area contributed by atoms with E-state index in [-0.39, 0.29) is 0 Å². The highest BCUT2D eigenvalue weighted by atomic mass is 16.5. The van der Waals surface area contributed by atoms with E-state index in [4.69, 9.17) is 4.74 Å². The van der Waals surface area contributed by atoms with Crippen molar-refractivity contribution in [2.24, 2.45) is 0 Å². The van der Waals surface area contributed by atoms with E-state index in [1.807, 2.05) is 6.07 Å². The molecule has 2 heteroatoms. The Labute approximate surface area is 119 Å². The Morgan fingerprint density at radius 3 is 2.65 bits per heavy atom. The van der Waals surface area contributed by atoms with Crippen molar-refractivity contribution in [2.45, 2.75) is 30.9 Å². The molecule has 2 aliphatic rings. The van der Waals surface area contributed by atoms with Crippen LogP contribution in [0.2, 0.25) is 0 Å². The van der Waals surface area contributed by atoms with Crippen molar-refractivity contribution in [3.63, 3.8) is 0 Å². The number of rotatable bonds is 4. The molecule has 20 heavy (non-hydrogen) atoms. The van der Waals surface area contributed by atoms with Crippen LogP contribution in [0.3, 0.4) is 0 Å². The number of benzene rings is 2. The third kappa shape index (κ3) is 2.32. The Balaban J connectivity index is 1.29. The third-order valence-electron chi connectivity index (χ3n) is 4.34. The summed E-state index contributed by atoms with van der Waals surface area (Å²) >= 11 is 0. The molecule has 1 heterocycles. The summed E-state index contributed by atoms with van der Waals surface area (Å²) in [6.07, 6.45) is 2.58. The molecule has 1 fully saturated rings. The summed E-state index contributed by atoms with van der Waals surface area (Å²) in [5.41, 5.74) is 2.80. The highest BCUT2D eigenvalue weighted by molar-refractivity contribution is 5.37. The maximum absolute atomic E-state index is 5.96. The van der Waals surface area contributed by atoms with Gasteiger partial charge in [-0.3, -0.25) is 0 Å². The molecule has 1 saturated carbocycles. The minimum atomic E-state index is 0.296. The van der Waals surface area contributed by atoms with Crippen LogP contribution in [0, 0.1) is 0 Å². The summed E-state index contributed by atoms with van der Waals surface area (Å²) in [5, 5.41) is 3.66. The summed E-state index contributed by atoms with van der Waals surface area (Å²) in [4.78, 5) is 0. The van der Waals surface area contributed by atoms with E-state index in [1.165, 1.54) is 17.5 Å². The number of fused-ring (bicyclic) bond motifs is 1. The Kier molecular flexibility index (Phi) is 2.96. The number of nitrogens with one attached hydrogen (secondary N) is 1. The molecule has 3 unspecified atom stereocenters. The first-order valence-corrected chi connectivity index (χ1v) is 7.43. The second-order valence-corrected chi connectivity index (χ2v) is 5.82. The lowest BCUT2D eigenvalue weighted by Gasteiger charge is -2.11. The van der Waals surface area contributed by atoms with Crippen molar-refractivity contribution in [1.82, 2.24) is 5.32 Å². The first-order valence-electron chi connectivity index (χ1n) is 7.43. The van der Waals surface area contributed by atoms with Crippen LogP contribution in [-0.4, -0.2) is 18.7 Å². The molecule has 1 N–H and O–H groups in total. The average Bonchev–Trinajstić information content (AvgIpc) is 3.16. The van der Waals surface area contributed by atoms with Crippen LogP contribution in [0.5, 0.6) is 5.75 Å². The van der Waals surface area contributed by atoms with Gasteiger partial charge in [-0.05, 0) is 23.6 Å². The van der Waals surface area contributed by atoms with E-state index in [1.54, 1.807) is 0 Å². The van der Waals surface area contributed by atoms with Crippen molar-refractivity contribution in [2.75, 3.05) is 6.54 Å². The summed E-state index contributed by atoms with van der Waals surface area (Å²) in [6, 6.07) is 19.8. The van der Waals surface area contributed by atoms with Crippen LogP contribution < -0.4 is 10.1 Å². The van der Waals surface area contributed by atoms with E-state index in [9.17, 15) is 0 Å². The minimum Gasteiger partial charge on any atom is -0.488 e. The lowest BCUT2D eigenvalue weighted by atomic mass is 10.1. The van der Waals surface area contributed by atoms with Gasteiger partial charge in [-0.1, -0.05) is 48.5 Å². The number of para-hydroxylation sites is 1. The van der Waals surface area contributed by atoms with Gasteiger partial charge in [0.25, 0.3) is 0 Å². The molecule has 2 nitrogen and oxygen atoms in total. The lowest BCUT2D eigenvalue weighted by Crippen LogP contribution is -2.32. The molecule has 102 valence electrons. The standard InChI is InChI=1S/C18H19NO/c1-2-6-13(7-3-1)16-11-17(16)19-12-15-10-14-8-4-5-9-18(14)20-15/h1-9,15-17,19H,10-12H2. The van der Waals surface area contributed by atoms with Crippen LogP contribution in [0.15, 0.2) is 54.6 Å². The highest BCUT2D eigenvalue weighted by Gasteiger charge is 2.38. The van der Waals surface area contributed by atoms with Gasteiger partial charge in [-0.15, -0.1) is 0 Å². The molecule has 4 rings (SSSR count). The van der Waals surface area contributed by atoms with E-state index in [0.717, 1.165) is 18.7 Å². The quantitative estimate of drug-likeness (QED) is 0.917. The monoisotopic (exact) mass is 265 g/mol. The van der Waals surface area contributed by atoms with Crippen LogP contribution in [0.1, 0.15) is 23.5 Å². The molecular weight excluding hydrogens is 246 g/mol. The largest absolute Gasteiger partial charge is 0.488 e. The first kappa shape index (κ1) is 12.0. The van der Waals surface area contributed by atoms with Crippen LogP contribution in [0.25, 0.3) is 0 Å². The van der Waals surface area contributed by atoms with Gasteiger partial charge in [0.15, 0.2) is 0 Å². The smallest absolute Gasteiger partial charge is 0.123 e. The predicted octanol–water partition coefficient (Wildman–Crippen LogP) is 3.14. The van der Waals surface area contributed by atoms with Gasteiger partial charge < -0.3 is 10.1 Å². The van der Waals surface area contributed by atoms with Crippen LogP contribution in [-0.2, 0) is 6.42 Å². The predicted molar refractivity (Wildman–Crippen MR) is 80.2 cm³/mol. The van der Waals surface area contributed by atoms with Crippen molar-refractivity contribution in [1.29, 1.82) is 0 Å². The second kappa shape index (κ2) is 4.95. The summed E-state index contributed by atoms with van der Waals surface area (Å²) < 4.78 is 5.96. The zero-order valence-corrected chi connectivity index (χ0v) is 11.5. The molecule has 2 aromatic carbocycles. The van der Waals surface area contributed by atoms with Crippen LogP contribution >= 0.6 is 0 Å². The molecule has 0 spiro atoms. The highest BCUT2D eigenvalue weighted by Crippen LogP contribution is 2.40. The molecule has 1 aliphatic heterocycles. The van der Waals surface area contributed by atoms with E-state index >= 15 is 0 Å². The molecule has 0 bridgehead atoms. The van der Waals surface area contributed by atoms with Gasteiger partial charge in [0.05, 0.1) is 0 Å². The number of hydrogen-bond acceptors (Lipinski definition) is 2. The van der Waals surface area contributed by atoms with Gasteiger partial charge in [0, 0.05) is 24.9 Å². The Morgan fingerprint density at radius 2 is 1.80 bits per heavy atom. The summed E-state index contributed by atoms with van der Waals surface area (Å²) in [7, 11) is 0. The fraction of sp³-hybridized carbons (Fsp3) is 0.333. The van der Waals surface area contributed by atoms with Gasteiger partial charge in [-0.25, -0.2) is 0 Å².